The van der Waals surface area contributed by atoms with E-state index in [0.717, 1.165) is 11.3 Å². The third-order valence-corrected chi connectivity index (χ3v) is 8.41. The van der Waals surface area contributed by atoms with Crippen LogP contribution in [0, 0.1) is 12.7 Å². The molecule has 2 aromatic heterocycles. The zero-order valence-corrected chi connectivity index (χ0v) is 25.5. The molecule has 230 valence electrons. The molecule has 2 aliphatic heterocycles. The van der Waals surface area contributed by atoms with Crippen LogP contribution in [0.4, 0.5) is 20.7 Å². The van der Waals surface area contributed by atoms with E-state index in [1.165, 1.54) is 13.2 Å². The minimum atomic E-state index is -0.642. The number of fused-ring (bicyclic) bond motifs is 1. The number of imidazole rings is 1. The maximum absolute atomic E-state index is 14.6. The number of carbonyl (C=O) groups excluding carboxylic acids is 2. The van der Waals surface area contributed by atoms with Crippen LogP contribution in [-0.4, -0.2) is 100 Å². The molecule has 0 spiro atoms. The summed E-state index contributed by atoms with van der Waals surface area (Å²) in [5.74, 6) is -0.164. The van der Waals surface area contributed by atoms with Crippen LogP contribution in [0.1, 0.15) is 22.8 Å². The molecular weight excluding hydrogens is 589 g/mol. The van der Waals surface area contributed by atoms with Crippen LogP contribution in [0.25, 0.3) is 16.9 Å². The Hall–Kier alpha value is -4.42. The summed E-state index contributed by atoms with van der Waals surface area (Å²) in [5, 5.41) is 3.23. The van der Waals surface area contributed by atoms with Gasteiger partial charge in [-0.25, -0.2) is 19.2 Å². The molecule has 1 N–H and O–H groups in total. The molecule has 0 radical (unpaired) electrons. The molecule has 4 aromatic rings. The molecule has 0 unspecified atom stereocenters. The Balaban J connectivity index is 1.14. The van der Waals surface area contributed by atoms with Gasteiger partial charge < -0.3 is 29.5 Å². The quantitative estimate of drug-likeness (QED) is 0.340. The molecule has 2 aliphatic rings. The van der Waals surface area contributed by atoms with E-state index >= 15 is 0 Å². The number of piperazine rings is 1. The standard InChI is InChI=1S/C31H33ClFN7O4/c1-19-16-21(4-5-22(19)30(41)37-10-12-38(13-11-37)31(42)39-14-15-44-20(2)18-39)36-28-29-35-17-24(40(29)9-8-34-28)23-6-7-25(43-3)27(33)26(23)32/h4-9,16-17,20H,10-15,18H2,1-3H3,(H,34,36)/t20-/m1/s1. The van der Waals surface area contributed by atoms with Crippen molar-refractivity contribution in [1.82, 2.24) is 29.1 Å². The fourth-order valence-corrected chi connectivity index (χ4v) is 5.93. The second kappa shape index (κ2) is 12.3. The van der Waals surface area contributed by atoms with Crippen molar-refractivity contribution in [3.05, 3.63) is 70.9 Å². The van der Waals surface area contributed by atoms with Crippen molar-refractivity contribution in [2.75, 3.05) is 58.3 Å². The molecule has 1 atom stereocenters. The van der Waals surface area contributed by atoms with Gasteiger partial charge in [-0.3, -0.25) is 9.20 Å². The van der Waals surface area contributed by atoms with E-state index in [-0.39, 0.29) is 28.8 Å². The highest BCUT2D eigenvalue weighted by Gasteiger charge is 2.30. The lowest BCUT2D eigenvalue weighted by molar-refractivity contribution is -0.0110. The van der Waals surface area contributed by atoms with Gasteiger partial charge in [0, 0.05) is 68.5 Å². The van der Waals surface area contributed by atoms with Crippen molar-refractivity contribution in [3.8, 4) is 17.0 Å². The molecule has 0 saturated carbocycles. The number of benzene rings is 2. The highest BCUT2D eigenvalue weighted by molar-refractivity contribution is 6.33. The molecule has 0 aliphatic carbocycles. The normalized spacial score (nSPS) is 17.2. The minimum absolute atomic E-state index is 0.00587. The number of anilines is 2. The number of methoxy groups -OCH3 is 1. The van der Waals surface area contributed by atoms with Gasteiger partial charge in [0.25, 0.3) is 5.91 Å². The molecule has 3 amide bonds. The Morgan fingerprint density at radius 3 is 2.57 bits per heavy atom. The molecule has 0 bridgehead atoms. The Morgan fingerprint density at radius 1 is 1.07 bits per heavy atom. The van der Waals surface area contributed by atoms with E-state index in [4.69, 9.17) is 21.1 Å². The first kappa shape index (κ1) is 29.6. The monoisotopic (exact) mass is 621 g/mol. The number of hydrogen-bond acceptors (Lipinski definition) is 7. The number of rotatable bonds is 5. The lowest BCUT2D eigenvalue weighted by Crippen LogP contribution is -2.56. The van der Waals surface area contributed by atoms with Gasteiger partial charge in [0.15, 0.2) is 23.0 Å². The van der Waals surface area contributed by atoms with Crippen molar-refractivity contribution in [1.29, 1.82) is 0 Å². The van der Waals surface area contributed by atoms with Crippen LogP contribution in [0.5, 0.6) is 5.75 Å². The first-order chi connectivity index (χ1) is 21.2. The van der Waals surface area contributed by atoms with Gasteiger partial charge in [0.1, 0.15) is 0 Å². The SMILES string of the molecule is COc1ccc(-c2cnc3c(Nc4ccc(C(=O)N5CCN(C(=O)N6CCO[C@H](C)C6)CC5)c(C)c4)nccn23)c(Cl)c1F. The molecule has 11 nitrogen and oxygen atoms in total. The number of urea groups is 1. The van der Waals surface area contributed by atoms with Crippen molar-refractivity contribution >= 4 is 40.7 Å². The van der Waals surface area contributed by atoms with Crippen molar-refractivity contribution in [2.45, 2.75) is 20.0 Å². The average molecular weight is 622 g/mol. The minimum Gasteiger partial charge on any atom is -0.494 e. The fraction of sp³-hybridized carbons (Fsp3) is 0.355. The molecular formula is C31H33ClFN7O4. The number of ether oxygens (including phenoxy) is 2. The largest absolute Gasteiger partial charge is 0.494 e. The van der Waals surface area contributed by atoms with Crippen LogP contribution in [-0.2, 0) is 4.74 Å². The van der Waals surface area contributed by atoms with E-state index in [9.17, 15) is 14.0 Å². The maximum atomic E-state index is 14.6. The molecule has 4 heterocycles. The number of aryl methyl sites for hydroxylation is 1. The number of halogens is 2. The number of nitrogens with one attached hydrogen (secondary N) is 1. The zero-order chi connectivity index (χ0) is 31.0. The summed E-state index contributed by atoms with van der Waals surface area (Å²) in [6.07, 6.45) is 4.98. The predicted octanol–water partition coefficient (Wildman–Crippen LogP) is 4.85. The average Bonchev–Trinajstić information content (AvgIpc) is 3.47. The van der Waals surface area contributed by atoms with Crippen LogP contribution >= 0.6 is 11.6 Å². The molecule has 13 heteroatoms. The lowest BCUT2D eigenvalue weighted by atomic mass is 10.1. The predicted molar refractivity (Wildman–Crippen MR) is 164 cm³/mol. The van der Waals surface area contributed by atoms with Gasteiger partial charge in [0.05, 0.1) is 36.7 Å². The number of morpholine rings is 1. The summed E-state index contributed by atoms with van der Waals surface area (Å²) >= 11 is 6.33. The zero-order valence-electron chi connectivity index (χ0n) is 24.7. The van der Waals surface area contributed by atoms with Crippen LogP contribution in [0.2, 0.25) is 5.02 Å². The third kappa shape index (κ3) is 5.62. The van der Waals surface area contributed by atoms with Gasteiger partial charge in [-0.1, -0.05) is 11.6 Å². The summed E-state index contributed by atoms with van der Waals surface area (Å²) in [7, 11) is 1.38. The van der Waals surface area contributed by atoms with Gasteiger partial charge >= 0.3 is 6.03 Å². The first-order valence-corrected chi connectivity index (χ1v) is 14.8. The smallest absolute Gasteiger partial charge is 0.320 e. The van der Waals surface area contributed by atoms with Crippen molar-refractivity contribution in [2.24, 2.45) is 0 Å². The van der Waals surface area contributed by atoms with Crippen LogP contribution < -0.4 is 10.1 Å². The summed E-state index contributed by atoms with van der Waals surface area (Å²) in [4.78, 5) is 40.8. The van der Waals surface area contributed by atoms with E-state index in [1.54, 1.807) is 40.0 Å². The van der Waals surface area contributed by atoms with Crippen molar-refractivity contribution < 1.29 is 23.5 Å². The second-order valence-corrected chi connectivity index (χ2v) is 11.3. The van der Waals surface area contributed by atoms with Gasteiger partial charge in [-0.2, -0.15) is 0 Å². The molecule has 2 fully saturated rings. The number of hydrogen-bond donors (Lipinski definition) is 1. The summed E-state index contributed by atoms with van der Waals surface area (Å²) in [6, 6.07) is 8.72. The fourth-order valence-electron chi connectivity index (χ4n) is 5.68. The Kier molecular flexibility index (Phi) is 8.28. The van der Waals surface area contributed by atoms with Crippen molar-refractivity contribution in [3.63, 3.8) is 0 Å². The molecule has 6 rings (SSSR count). The van der Waals surface area contributed by atoms with Crippen LogP contribution in [0.15, 0.2) is 48.9 Å². The molecule has 2 aromatic carbocycles. The van der Waals surface area contributed by atoms with Crippen LogP contribution in [0.3, 0.4) is 0 Å². The van der Waals surface area contributed by atoms with Gasteiger partial charge in [-0.15, -0.1) is 0 Å². The van der Waals surface area contributed by atoms with E-state index in [0.29, 0.717) is 74.2 Å². The van der Waals surface area contributed by atoms with E-state index in [1.807, 2.05) is 35.8 Å². The number of amides is 3. The van der Waals surface area contributed by atoms with E-state index in [2.05, 4.69) is 15.3 Å². The Morgan fingerprint density at radius 2 is 1.84 bits per heavy atom. The maximum Gasteiger partial charge on any atom is 0.320 e. The topological polar surface area (TPSA) is 105 Å². The highest BCUT2D eigenvalue weighted by atomic mass is 35.5. The third-order valence-electron chi connectivity index (χ3n) is 8.04. The number of aromatic nitrogens is 3. The summed E-state index contributed by atoms with van der Waals surface area (Å²) in [5.41, 5.74) is 3.71. The highest BCUT2D eigenvalue weighted by Crippen LogP contribution is 2.35. The number of carbonyl (C=O) groups is 2. The molecule has 44 heavy (non-hydrogen) atoms. The Labute approximate surface area is 259 Å². The summed E-state index contributed by atoms with van der Waals surface area (Å²) < 4.78 is 27.0. The van der Waals surface area contributed by atoms with E-state index < -0.39 is 5.82 Å². The second-order valence-electron chi connectivity index (χ2n) is 10.9. The van der Waals surface area contributed by atoms with Gasteiger partial charge in [0.2, 0.25) is 0 Å². The number of nitrogens with zero attached hydrogens (tertiary/aromatic N) is 6. The Bertz CT molecular complexity index is 1720. The summed E-state index contributed by atoms with van der Waals surface area (Å²) in [6.45, 7) is 7.50. The lowest BCUT2D eigenvalue weighted by Gasteiger charge is -2.39. The molecule has 2 saturated heterocycles. The van der Waals surface area contributed by atoms with Gasteiger partial charge in [-0.05, 0) is 49.7 Å². The first-order valence-electron chi connectivity index (χ1n) is 14.4.